The van der Waals surface area contributed by atoms with Crippen molar-refractivity contribution in [3.05, 3.63) is 48.0 Å². The normalized spacial score (nSPS) is 15.8. The van der Waals surface area contributed by atoms with E-state index in [4.69, 9.17) is 9.47 Å². The van der Waals surface area contributed by atoms with E-state index in [1.54, 1.807) is 20.3 Å². The molecule has 3 rings (SSSR count). The van der Waals surface area contributed by atoms with Gasteiger partial charge in [0.05, 0.1) is 14.2 Å². The van der Waals surface area contributed by atoms with Gasteiger partial charge in [0.15, 0.2) is 11.5 Å². The molecule has 2 aromatic carbocycles. The van der Waals surface area contributed by atoms with Crippen molar-refractivity contribution in [3.8, 4) is 17.2 Å². The zero-order valence-corrected chi connectivity index (χ0v) is 14.9. The molecule has 1 aliphatic rings. The predicted octanol–water partition coefficient (Wildman–Crippen LogP) is 3.49. The van der Waals surface area contributed by atoms with Gasteiger partial charge in [-0.1, -0.05) is 12.1 Å². The van der Waals surface area contributed by atoms with Gasteiger partial charge in [-0.2, -0.15) is 0 Å². The number of benzene rings is 2. The van der Waals surface area contributed by atoms with Gasteiger partial charge < -0.3 is 19.9 Å². The second-order valence-electron chi connectivity index (χ2n) is 6.43. The molecule has 0 amide bonds. The molecule has 5 heteroatoms. The van der Waals surface area contributed by atoms with Crippen LogP contribution in [0.2, 0.25) is 0 Å². The third-order valence-corrected chi connectivity index (χ3v) is 4.68. The van der Waals surface area contributed by atoms with Crippen LogP contribution in [0.3, 0.4) is 0 Å². The summed E-state index contributed by atoms with van der Waals surface area (Å²) in [4.78, 5) is 2.42. The van der Waals surface area contributed by atoms with Gasteiger partial charge in [0.2, 0.25) is 0 Å². The molecule has 1 heterocycles. The highest BCUT2D eigenvalue weighted by Gasteiger charge is 2.19. The molecule has 2 aromatic rings. The van der Waals surface area contributed by atoms with Crippen LogP contribution in [-0.2, 0) is 6.54 Å². The first-order valence-electron chi connectivity index (χ1n) is 8.67. The van der Waals surface area contributed by atoms with Gasteiger partial charge in [-0.15, -0.1) is 0 Å². The highest BCUT2D eigenvalue weighted by molar-refractivity contribution is 5.49. The molecule has 0 spiro atoms. The fraction of sp³-hybridized carbons (Fsp3) is 0.400. The van der Waals surface area contributed by atoms with Gasteiger partial charge in [0.1, 0.15) is 5.75 Å². The minimum Gasteiger partial charge on any atom is -0.504 e. The van der Waals surface area contributed by atoms with E-state index >= 15 is 0 Å². The molecule has 2 N–H and O–H groups in total. The van der Waals surface area contributed by atoms with Crippen molar-refractivity contribution in [3.63, 3.8) is 0 Å². The Kier molecular flexibility index (Phi) is 5.66. The summed E-state index contributed by atoms with van der Waals surface area (Å²) >= 11 is 0. The Morgan fingerprint density at radius 3 is 2.56 bits per heavy atom. The topological polar surface area (TPSA) is 54.0 Å². The summed E-state index contributed by atoms with van der Waals surface area (Å²) in [7, 11) is 3.25. The van der Waals surface area contributed by atoms with E-state index < -0.39 is 0 Å². The van der Waals surface area contributed by atoms with Crippen LogP contribution in [0.1, 0.15) is 18.4 Å². The molecule has 5 nitrogen and oxygen atoms in total. The molecule has 1 fully saturated rings. The number of piperidine rings is 1. The number of rotatable bonds is 6. The SMILES string of the molecule is COc1cccc(NC2CCN(Cc3ccc(OC)c(O)c3)CC2)c1. The smallest absolute Gasteiger partial charge is 0.160 e. The van der Waals surface area contributed by atoms with E-state index in [9.17, 15) is 5.11 Å². The number of anilines is 1. The highest BCUT2D eigenvalue weighted by atomic mass is 16.5. The Morgan fingerprint density at radius 2 is 1.88 bits per heavy atom. The summed E-state index contributed by atoms with van der Waals surface area (Å²) in [6, 6.07) is 14.2. The number of hydrogen-bond acceptors (Lipinski definition) is 5. The largest absolute Gasteiger partial charge is 0.504 e. The lowest BCUT2D eigenvalue weighted by molar-refractivity contribution is 0.211. The number of nitrogens with zero attached hydrogens (tertiary/aromatic N) is 1. The van der Waals surface area contributed by atoms with Crippen molar-refractivity contribution in [1.82, 2.24) is 4.90 Å². The molecule has 0 atom stereocenters. The summed E-state index contributed by atoms with van der Waals surface area (Å²) in [5.74, 6) is 1.60. The molecular weight excluding hydrogens is 316 g/mol. The predicted molar refractivity (Wildman–Crippen MR) is 99.6 cm³/mol. The molecule has 134 valence electrons. The van der Waals surface area contributed by atoms with Gasteiger partial charge in [-0.05, 0) is 42.7 Å². The zero-order chi connectivity index (χ0) is 17.6. The number of phenols is 1. The number of aromatic hydroxyl groups is 1. The van der Waals surface area contributed by atoms with Gasteiger partial charge in [0, 0.05) is 37.4 Å². The quantitative estimate of drug-likeness (QED) is 0.842. The van der Waals surface area contributed by atoms with Crippen LogP contribution in [0.15, 0.2) is 42.5 Å². The number of methoxy groups -OCH3 is 2. The monoisotopic (exact) mass is 342 g/mol. The van der Waals surface area contributed by atoms with Gasteiger partial charge in [0.25, 0.3) is 0 Å². The molecule has 25 heavy (non-hydrogen) atoms. The van der Waals surface area contributed by atoms with Crippen LogP contribution >= 0.6 is 0 Å². The van der Waals surface area contributed by atoms with E-state index in [0.717, 1.165) is 49.5 Å². The molecule has 0 saturated carbocycles. The van der Waals surface area contributed by atoms with Crippen molar-refractivity contribution in [1.29, 1.82) is 0 Å². The molecule has 0 radical (unpaired) electrons. The third kappa shape index (κ3) is 4.57. The number of hydrogen-bond donors (Lipinski definition) is 2. The third-order valence-electron chi connectivity index (χ3n) is 4.68. The average molecular weight is 342 g/mol. The highest BCUT2D eigenvalue weighted by Crippen LogP contribution is 2.27. The molecule has 0 aromatic heterocycles. The first-order valence-corrected chi connectivity index (χ1v) is 8.67. The van der Waals surface area contributed by atoms with Crippen molar-refractivity contribution in [2.24, 2.45) is 0 Å². The maximum absolute atomic E-state index is 9.91. The van der Waals surface area contributed by atoms with E-state index in [0.29, 0.717) is 11.8 Å². The molecule has 1 saturated heterocycles. The van der Waals surface area contributed by atoms with Crippen LogP contribution in [0.25, 0.3) is 0 Å². The molecule has 0 bridgehead atoms. The minimum atomic E-state index is 0.203. The number of phenolic OH excluding ortho intramolecular Hbond substituents is 1. The van der Waals surface area contributed by atoms with E-state index in [-0.39, 0.29) is 5.75 Å². The van der Waals surface area contributed by atoms with Crippen LogP contribution in [-0.4, -0.2) is 43.4 Å². The summed E-state index contributed by atoms with van der Waals surface area (Å²) < 4.78 is 10.4. The van der Waals surface area contributed by atoms with Crippen LogP contribution in [0, 0.1) is 0 Å². The van der Waals surface area contributed by atoms with Crippen LogP contribution in [0.5, 0.6) is 17.2 Å². The van der Waals surface area contributed by atoms with Crippen molar-refractivity contribution < 1.29 is 14.6 Å². The lowest BCUT2D eigenvalue weighted by Crippen LogP contribution is -2.38. The van der Waals surface area contributed by atoms with E-state index in [1.807, 2.05) is 30.3 Å². The van der Waals surface area contributed by atoms with E-state index in [2.05, 4.69) is 16.3 Å². The first kappa shape index (κ1) is 17.4. The molecular formula is C20H26N2O3. The standard InChI is InChI=1S/C20H26N2O3/c1-24-18-5-3-4-17(13-18)21-16-8-10-22(11-9-16)14-15-6-7-20(25-2)19(23)12-15/h3-7,12-13,16,21,23H,8-11,14H2,1-2H3. The summed E-state index contributed by atoms with van der Waals surface area (Å²) in [5, 5.41) is 13.5. The van der Waals surface area contributed by atoms with Crippen LogP contribution < -0.4 is 14.8 Å². The lowest BCUT2D eigenvalue weighted by Gasteiger charge is -2.33. The molecule has 0 aliphatic carbocycles. The Bertz CT molecular complexity index is 697. The Hall–Kier alpha value is -2.40. The Morgan fingerprint density at radius 1 is 1.08 bits per heavy atom. The summed E-state index contributed by atoms with van der Waals surface area (Å²) in [6.07, 6.45) is 2.19. The molecule has 1 aliphatic heterocycles. The first-order chi connectivity index (χ1) is 12.2. The second-order valence-corrected chi connectivity index (χ2v) is 6.43. The van der Waals surface area contributed by atoms with Gasteiger partial charge >= 0.3 is 0 Å². The zero-order valence-electron chi connectivity index (χ0n) is 14.9. The van der Waals surface area contributed by atoms with Crippen molar-refractivity contribution >= 4 is 5.69 Å². The fourth-order valence-electron chi connectivity index (χ4n) is 3.28. The summed E-state index contributed by atoms with van der Waals surface area (Å²) in [5.41, 5.74) is 2.22. The lowest BCUT2D eigenvalue weighted by atomic mass is 10.0. The maximum atomic E-state index is 9.91. The van der Waals surface area contributed by atoms with Gasteiger partial charge in [-0.25, -0.2) is 0 Å². The number of nitrogens with one attached hydrogen (secondary N) is 1. The summed E-state index contributed by atoms with van der Waals surface area (Å²) in [6.45, 7) is 2.92. The average Bonchev–Trinajstić information content (AvgIpc) is 2.64. The Labute approximate surface area is 149 Å². The van der Waals surface area contributed by atoms with Crippen molar-refractivity contribution in [2.75, 3.05) is 32.6 Å². The second kappa shape index (κ2) is 8.12. The number of ether oxygens (including phenoxy) is 2. The number of likely N-dealkylation sites (tertiary alicyclic amines) is 1. The van der Waals surface area contributed by atoms with Gasteiger partial charge in [-0.3, -0.25) is 4.90 Å². The van der Waals surface area contributed by atoms with Crippen LogP contribution in [0.4, 0.5) is 5.69 Å². The fourth-order valence-corrected chi connectivity index (χ4v) is 3.28. The van der Waals surface area contributed by atoms with E-state index in [1.165, 1.54) is 0 Å². The Balaban J connectivity index is 1.50. The minimum absolute atomic E-state index is 0.203. The maximum Gasteiger partial charge on any atom is 0.160 e. The van der Waals surface area contributed by atoms with Crippen molar-refractivity contribution in [2.45, 2.75) is 25.4 Å². The molecule has 0 unspecified atom stereocenters.